The van der Waals surface area contributed by atoms with E-state index in [-0.39, 0.29) is 58.1 Å². The van der Waals surface area contributed by atoms with E-state index >= 15 is 0 Å². The van der Waals surface area contributed by atoms with Gasteiger partial charge in [-0.15, -0.1) is 18.3 Å². The van der Waals surface area contributed by atoms with Gasteiger partial charge in [0.1, 0.15) is 18.0 Å². The van der Waals surface area contributed by atoms with Crippen molar-refractivity contribution >= 4 is 36.4 Å². The molecule has 0 saturated heterocycles. The molecule has 1 amide bonds. The zero-order valence-corrected chi connectivity index (χ0v) is 24.5. The lowest BCUT2D eigenvalue weighted by atomic mass is 9.44. The van der Waals surface area contributed by atoms with Crippen molar-refractivity contribution in [1.82, 2.24) is 5.32 Å². The lowest BCUT2D eigenvalue weighted by Gasteiger charge is -2.61. The first-order chi connectivity index (χ1) is 18.5. The second-order valence-corrected chi connectivity index (χ2v) is 14.2. The first kappa shape index (κ1) is 30.1. The summed E-state index contributed by atoms with van der Waals surface area (Å²) in [6.07, 6.45) is 6.24. The predicted octanol–water partition coefficient (Wildman–Crippen LogP) is 3.83. The van der Waals surface area contributed by atoms with Crippen molar-refractivity contribution in [2.24, 2.45) is 34.0 Å². The van der Waals surface area contributed by atoms with E-state index in [0.717, 1.165) is 19.3 Å². The highest BCUT2D eigenvalue weighted by atomic mass is 32.2. The maximum absolute atomic E-state index is 13.5. The molecular weight excluding hydrogens is 518 g/mol. The van der Waals surface area contributed by atoms with Crippen LogP contribution in [0.3, 0.4) is 0 Å². The first-order valence-electron chi connectivity index (χ1n) is 14.4. The van der Waals surface area contributed by atoms with E-state index < -0.39 is 23.0 Å². The van der Waals surface area contributed by atoms with Crippen molar-refractivity contribution in [1.29, 1.82) is 0 Å². The summed E-state index contributed by atoms with van der Waals surface area (Å²) in [6, 6.07) is -0.0339. The third kappa shape index (κ3) is 5.18. The number of hydrogen-bond donors (Lipinski definition) is 2. The van der Waals surface area contributed by atoms with Crippen molar-refractivity contribution in [3.63, 3.8) is 0 Å². The van der Waals surface area contributed by atoms with Gasteiger partial charge >= 0.3 is 5.97 Å². The van der Waals surface area contributed by atoms with Crippen LogP contribution in [-0.2, 0) is 28.7 Å². The Morgan fingerprint density at radius 1 is 1.21 bits per heavy atom. The van der Waals surface area contributed by atoms with E-state index in [2.05, 4.69) is 32.7 Å². The minimum Gasteiger partial charge on any atom is -0.463 e. The molecule has 218 valence electrons. The molecule has 4 aliphatic rings. The normalized spacial score (nSPS) is 45.7. The fraction of sp³-hybridized carbons (Fsp3) is 0.800. The molecule has 4 saturated carbocycles. The van der Waals surface area contributed by atoms with E-state index in [0.29, 0.717) is 45.0 Å². The average molecular weight is 564 g/mol. The van der Waals surface area contributed by atoms with Gasteiger partial charge in [-0.05, 0) is 62.2 Å². The first-order valence-corrected chi connectivity index (χ1v) is 15.5. The van der Waals surface area contributed by atoms with Crippen LogP contribution in [0, 0.1) is 34.0 Å². The number of ether oxygens (including phenoxy) is 2. The lowest BCUT2D eigenvalue weighted by Crippen LogP contribution is -2.63. The average Bonchev–Trinajstić information content (AvgIpc) is 3.27. The van der Waals surface area contributed by atoms with Crippen LogP contribution in [0.2, 0.25) is 0 Å². The molecule has 4 aliphatic carbocycles. The minimum atomic E-state index is -0.706. The molecule has 2 bridgehead atoms. The van der Waals surface area contributed by atoms with Crippen molar-refractivity contribution in [2.45, 2.75) is 109 Å². The number of carbonyl (C=O) groups excluding carboxylic acids is 4. The molecule has 4 fully saturated rings. The molecule has 0 spiro atoms. The summed E-state index contributed by atoms with van der Waals surface area (Å²) in [5, 5.41) is 14.3. The van der Waals surface area contributed by atoms with Crippen molar-refractivity contribution in [3.05, 3.63) is 12.7 Å². The molecule has 0 heterocycles. The van der Waals surface area contributed by atoms with Gasteiger partial charge in [-0.1, -0.05) is 33.8 Å². The van der Waals surface area contributed by atoms with E-state index in [1.807, 2.05) is 6.92 Å². The van der Waals surface area contributed by atoms with Crippen molar-refractivity contribution < 1.29 is 33.8 Å². The van der Waals surface area contributed by atoms with Gasteiger partial charge in [0.25, 0.3) is 6.47 Å². The molecule has 0 aliphatic heterocycles. The van der Waals surface area contributed by atoms with Crippen LogP contribution in [0.25, 0.3) is 0 Å². The number of esters is 1. The SMILES string of the molecule is C=C[C@]1(C)C[C@@H](OC(=O)CS[C@H]2C[C@H](NC=O)CC[C@@H]2OC=O)[C@]2(C)C(C)CCC3(CCC(=O)[C@H]32)[C@@H](C)[C@@H]1O. The van der Waals surface area contributed by atoms with Gasteiger partial charge in [0.15, 0.2) is 0 Å². The number of amides is 1. The summed E-state index contributed by atoms with van der Waals surface area (Å²) in [5.41, 5.74) is -1.55. The second kappa shape index (κ2) is 11.6. The highest BCUT2D eigenvalue weighted by Crippen LogP contribution is 2.68. The fourth-order valence-electron chi connectivity index (χ4n) is 8.62. The Morgan fingerprint density at radius 2 is 1.95 bits per heavy atom. The topological polar surface area (TPSA) is 119 Å². The number of aliphatic hydroxyl groups excluding tert-OH is 1. The third-order valence-electron chi connectivity index (χ3n) is 11.3. The maximum Gasteiger partial charge on any atom is 0.316 e. The number of nitrogens with one attached hydrogen (secondary N) is 1. The summed E-state index contributed by atoms with van der Waals surface area (Å²) >= 11 is 1.38. The van der Waals surface area contributed by atoms with Crippen LogP contribution < -0.4 is 5.32 Å². The number of carbonyl (C=O) groups is 4. The Bertz CT molecular complexity index is 975. The van der Waals surface area contributed by atoms with Crippen LogP contribution >= 0.6 is 11.8 Å². The van der Waals surface area contributed by atoms with E-state index in [4.69, 9.17) is 9.47 Å². The van der Waals surface area contributed by atoms with Crippen LogP contribution in [-0.4, -0.2) is 65.1 Å². The summed E-state index contributed by atoms with van der Waals surface area (Å²) in [4.78, 5) is 49.0. The smallest absolute Gasteiger partial charge is 0.316 e. The monoisotopic (exact) mass is 563 g/mol. The Kier molecular flexibility index (Phi) is 8.91. The molecule has 0 radical (unpaired) electrons. The van der Waals surface area contributed by atoms with Crippen LogP contribution in [0.15, 0.2) is 12.7 Å². The van der Waals surface area contributed by atoms with Gasteiger partial charge in [0.2, 0.25) is 6.41 Å². The van der Waals surface area contributed by atoms with E-state index in [9.17, 15) is 24.3 Å². The van der Waals surface area contributed by atoms with Crippen LogP contribution in [0.1, 0.15) is 79.1 Å². The van der Waals surface area contributed by atoms with Crippen molar-refractivity contribution in [3.8, 4) is 0 Å². The molecule has 39 heavy (non-hydrogen) atoms. The maximum atomic E-state index is 13.5. The molecule has 2 unspecified atom stereocenters. The number of Topliss-reactive ketones (excluding diaryl/α,β-unsaturated/α-hetero) is 1. The summed E-state index contributed by atoms with van der Waals surface area (Å²) in [6.45, 7) is 12.9. The Labute approximate surface area is 236 Å². The Hall–Kier alpha value is -1.87. The lowest BCUT2D eigenvalue weighted by molar-refractivity contribution is -0.205. The summed E-state index contributed by atoms with van der Waals surface area (Å²) in [5.74, 6) is -0.276. The molecule has 0 aromatic heterocycles. The number of aliphatic hydroxyl groups is 1. The highest BCUT2D eigenvalue weighted by molar-refractivity contribution is 8.00. The number of ketones is 1. The number of thioether (sulfide) groups is 1. The minimum absolute atomic E-state index is 0.0339. The molecule has 4 rings (SSSR count). The highest BCUT2D eigenvalue weighted by Gasteiger charge is 2.68. The predicted molar refractivity (Wildman–Crippen MR) is 149 cm³/mol. The van der Waals surface area contributed by atoms with Crippen molar-refractivity contribution in [2.75, 3.05) is 5.75 Å². The van der Waals surface area contributed by atoms with E-state index in [1.54, 1.807) is 6.08 Å². The van der Waals surface area contributed by atoms with Gasteiger partial charge in [0, 0.05) is 34.5 Å². The standard InChI is InChI=1S/C30H45NO7S/c1-6-28(4)14-24(38-25(35)15-39-23-13-20(31-16-32)7-8-22(23)37-17-33)29(5)18(2)9-11-30(19(3)27(28)36)12-10-21(34)26(29)30/h6,16-20,22-24,26-27,36H,1,7-15H2,2-5H3,(H,31,32)/t18?,19-,20+,22-,23-,24+,26-,27-,28+,29-,30?/m0/s1. The quantitative estimate of drug-likeness (QED) is 0.247. The Morgan fingerprint density at radius 3 is 2.62 bits per heavy atom. The second-order valence-electron chi connectivity index (χ2n) is 13.0. The molecule has 2 N–H and O–H groups in total. The van der Waals surface area contributed by atoms with Gasteiger partial charge in [-0.3, -0.25) is 19.2 Å². The van der Waals surface area contributed by atoms with Gasteiger partial charge in [-0.25, -0.2) is 0 Å². The largest absolute Gasteiger partial charge is 0.463 e. The molecule has 8 nitrogen and oxygen atoms in total. The third-order valence-corrected chi connectivity index (χ3v) is 12.6. The summed E-state index contributed by atoms with van der Waals surface area (Å²) < 4.78 is 11.6. The molecule has 0 aromatic rings. The van der Waals surface area contributed by atoms with E-state index in [1.165, 1.54) is 11.8 Å². The molecule has 0 aromatic carbocycles. The number of hydrogen-bond acceptors (Lipinski definition) is 8. The Balaban J connectivity index is 1.59. The van der Waals surface area contributed by atoms with Crippen LogP contribution in [0.4, 0.5) is 0 Å². The van der Waals surface area contributed by atoms with Gasteiger partial charge < -0.3 is 19.9 Å². The summed E-state index contributed by atoms with van der Waals surface area (Å²) in [7, 11) is 0. The zero-order valence-electron chi connectivity index (χ0n) is 23.7. The number of rotatable bonds is 9. The molecule has 11 atom stereocenters. The zero-order chi connectivity index (χ0) is 28.6. The van der Waals surface area contributed by atoms with Crippen LogP contribution in [0.5, 0.6) is 0 Å². The van der Waals surface area contributed by atoms with Gasteiger partial charge in [0.05, 0.1) is 11.9 Å². The molecular formula is C30H45NO7S. The van der Waals surface area contributed by atoms with Gasteiger partial charge in [-0.2, -0.15) is 0 Å². The molecule has 9 heteroatoms. The fourth-order valence-corrected chi connectivity index (χ4v) is 9.82.